The maximum atomic E-state index is 13.2. The highest BCUT2D eigenvalue weighted by Gasteiger charge is 2.40. The number of esters is 1. The Labute approximate surface area is 211 Å². The molecule has 2 aromatic rings. The zero-order valence-corrected chi connectivity index (χ0v) is 21.9. The van der Waals surface area contributed by atoms with Crippen molar-refractivity contribution in [1.82, 2.24) is 14.2 Å². The van der Waals surface area contributed by atoms with Crippen molar-refractivity contribution in [2.45, 2.75) is 45.7 Å². The Kier molecular flexibility index (Phi) is 10.1. The first-order valence-electron chi connectivity index (χ1n) is 12.1. The SMILES string of the molecule is CCCC[S@@+]([O-])N1Cc2cc(C(=O)OCC)nc(-c3cccc(C#CCN(C)C)c3)c2[C@H]1CCO. The minimum Gasteiger partial charge on any atom is -0.598 e. The zero-order chi connectivity index (χ0) is 25.4. The number of hydrogen-bond acceptors (Lipinski definition) is 7. The summed E-state index contributed by atoms with van der Waals surface area (Å²) in [6, 6.07) is 9.27. The van der Waals surface area contributed by atoms with E-state index in [0.29, 0.717) is 31.0 Å². The molecule has 35 heavy (non-hydrogen) atoms. The van der Waals surface area contributed by atoms with E-state index in [9.17, 15) is 14.5 Å². The van der Waals surface area contributed by atoms with Crippen molar-refractivity contribution >= 4 is 17.3 Å². The molecule has 0 radical (unpaired) electrons. The van der Waals surface area contributed by atoms with Crippen molar-refractivity contribution in [2.75, 3.05) is 39.6 Å². The van der Waals surface area contributed by atoms with E-state index in [1.165, 1.54) is 0 Å². The second-order valence-electron chi connectivity index (χ2n) is 8.75. The number of aliphatic hydroxyl groups is 1. The first-order valence-corrected chi connectivity index (χ1v) is 13.4. The van der Waals surface area contributed by atoms with Gasteiger partial charge in [-0.15, -0.1) is 4.31 Å². The van der Waals surface area contributed by atoms with Crippen LogP contribution in [0.1, 0.15) is 66.3 Å². The van der Waals surface area contributed by atoms with Crippen LogP contribution in [0.3, 0.4) is 0 Å². The molecule has 188 valence electrons. The Morgan fingerprint density at radius 2 is 2.14 bits per heavy atom. The lowest BCUT2D eigenvalue weighted by atomic mass is 9.95. The Bertz CT molecular complexity index is 1080. The maximum Gasteiger partial charge on any atom is 0.356 e. The monoisotopic (exact) mass is 497 g/mol. The van der Waals surface area contributed by atoms with Gasteiger partial charge in [-0.05, 0) is 57.6 Å². The highest BCUT2D eigenvalue weighted by Crippen LogP contribution is 2.43. The summed E-state index contributed by atoms with van der Waals surface area (Å²) < 4.78 is 20.3. The number of benzene rings is 1. The van der Waals surface area contributed by atoms with E-state index in [0.717, 1.165) is 35.1 Å². The van der Waals surface area contributed by atoms with Crippen molar-refractivity contribution in [3.05, 3.63) is 52.7 Å². The predicted molar refractivity (Wildman–Crippen MR) is 139 cm³/mol. The van der Waals surface area contributed by atoms with Crippen LogP contribution in [0.15, 0.2) is 30.3 Å². The molecule has 1 aromatic heterocycles. The van der Waals surface area contributed by atoms with Crippen LogP contribution in [0.2, 0.25) is 0 Å². The predicted octanol–water partition coefficient (Wildman–Crippen LogP) is 3.54. The number of unbranched alkanes of at least 4 members (excludes halogenated alkanes) is 1. The van der Waals surface area contributed by atoms with Gasteiger partial charge in [-0.2, -0.15) is 0 Å². The van der Waals surface area contributed by atoms with Gasteiger partial charge in [0.15, 0.2) is 0 Å². The molecule has 0 spiro atoms. The van der Waals surface area contributed by atoms with Crippen molar-refractivity contribution in [2.24, 2.45) is 0 Å². The number of aliphatic hydroxyl groups excluding tert-OH is 1. The molecule has 1 aliphatic rings. The normalized spacial score (nSPS) is 16.0. The molecule has 0 unspecified atom stereocenters. The van der Waals surface area contributed by atoms with Crippen LogP contribution >= 0.6 is 0 Å². The summed E-state index contributed by atoms with van der Waals surface area (Å²) in [4.78, 5) is 19.4. The van der Waals surface area contributed by atoms with Crippen LogP contribution in [0.25, 0.3) is 11.3 Å². The van der Waals surface area contributed by atoms with Crippen LogP contribution in [-0.2, 0) is 22.6 Å². The Morgan fingerprint density at radius 1 is 1.34 bits per heavy atom. The molecule has 0 aliphatic carbocycles. The summed E-state index contributed by atoms with van der Waals surface area (Å²) >= 11 is -1.20. The van der Waals surface area contributed by atoms with Gasteiger partial charge in [-0.1, -0.05) is 37.3 Å². The van der Waals surface area contributed by atoms with Gasteiger partial charge in [-0.3, -0.25) is 4.90 Å². The fraction of sp³-hybridized carbons (Fsp3) is 0.481. The molecule has 2 atom stereocenters. The molecule has 1 N–H and O–H groups in total. The Balaban J connectivity index is 2.11. The van der Waals surface area contributed by atoms with E-state index in [-0.39, 0.29) is 24.9 Å². The third kappa shape index (κ3) is 6.84. The summed E-state index contributed by atoms with van der Waals surface area (Å²) in [6.45, 7) is 5.12. The molecule has 2 heterocycles. The topological polar surface area (TPSA) is 89.0 Å². The molecule has 1 aromatic carbocycles. The van der Waals surface area contributed by atoms with Crippen molar-refractivity contribution in [3.63, 3.8) is 0 Å². The van der Waals surface area contributed by atoms with Gasteiger partial charge < -0.3 is 14.4 Å². The highest BCUT2D eigenvalue weighted by atomic mass is 32.2. The number of carbonyl (C=O) groups excluding carboxylic acids is 1. The lowest BCUT2D eigenvalue weighted by Crippen LogP contribution is -2.32. The van der Waals surface area contributed by atoms with Crippen LogP contribution in [0.4, 0.5) is 0 Å². The first-order chi connectivity index (χ1) is 16.9. The average Bonchev–Trinajstić information content (AvgIpc) is 3.21. The Hall–Kier alpha value is -2.41. The zero-order valence-electron chi connectivity index (χ0n) is 21.0. The van der Waals surface area contributed by atoms with Gasteiger partial charge in [0.2, 0.25) is 0 Å². The largest absolute Gasteiger partial charge is 0.598 e. The summed E-state index contributed by atoms with van der Waals surface area (Å²) in [5, 5.41) is 9.85. The molecule has 7 nitrogen and oxygen atoms in total. The standard InChI is InChI=1S/C27H35N3O4S/c1-5-7-16-35(33)30-19-22-18-23(27(32)34-6-2)28-26(25(22)24(30)13-15-31)21-12-8-10-20(17-21)11-9-14-29(3)4/h8,10,12,17-18,24,31H,5-7,13-16,19H2,1-4H3/t24-,35-/m1/s1. The van der Waals surface area contributed by atoms with E-state index in [4.69, 9.17) is 9.72 Å². The molecule has 8 heteroatoms. The summed E-state index contributed by atoms with van der Waals surface area (Å²) in [6.07, 6.45) is 2.25. The van der Waals surface area contributed by atoms with Crippen LogP contribution in [-0.4, -0.2) is 69.4 Å². The van der Waals surface area contributed by atoms with Gasteiger partial charge in [0.1, 0.15) is 11.4 Å². The molecule has 0 saturated heterocycles. The number of fused-ring (bicyclic) bond motifs is 1. The Morgan fingerprint density at radius 3 is 2.83 bits per heavy atom. The minimum absolute atomic E-state index is 0.0410. The minimum atomic E-state index is -1.20. The second kappa shape index (κ2) is 13.1. The summed E-state index contributed by atoms with van der Waals surface area (Å²) in [5.74, 6) is 6.42. The average molecular weight is 498 g/mol. The van der Waals surface area contributed by atoms with Gasteiger partial charge in [0.25, 0.3) is 0 Å². The number of nitrogens with zero attached hydrogens (tertiary/aromatic N) is 3. The number of aromatic nitrogens is 1. The molecule has 1 aliphatic heterocycles. The number of rotatable bonds is 10. The van der Waals surface area contributed by atoms with Gasteiger partial charge in [-0.25, -0.2) is 9.78 Å². The van der Waals surface area contributed by atoms with Gasteiger partial charge in [0.05, 0.1) is 31.4 Å². The quantitative estimate of drug-likeness (QED) is 0.305. The maximum absolute atomic E-state index is 13.2. The van der Waals surface area contributed by atoms with Crippen LogP contribution < -0.4 is 0 Å². The fourth-order valence-electron chi connectivity index (χ4n) is 4.12. The number of carbonyl (C=O) groups is 1. The number of pyridine rings is 1. The van der Waals surface area contributed by atoms with E-state index in [1.54, 1.807) is 13.0 Å². The third-order valence-corrected chi connectivity index (χ3v) is 7.28. The number of hydrogen-bond donors (Lipinski definition) is 1. The molecular weight excluding hydrogens is 462 g/mol. The van der Waals surface area contributed by atoms with Crippen LogP contribution in [0.5, 0.6) is 0 Å². The molecule has 0 saturated carbocycles. The van der Waals surface area contributed by atoms with Crippen LogP contribution in [0, 0.1) is 11.8 Å². The van der Waals surface area contributed by atoms with E-state index in [1.807, 2.05) is 47.6 Å². The highest BCUT2D eigenvalue weighted by molar-refractivity contribution is 7.89. The fourth-order valence-corrected chi connectivity index (χ4v) is 5.66. The third-order valence-electron chi connectivity index (χ3n) is 5.74. The number of ether oxygens (including phenoxy) is 1. The molecule has 0 fully saturated rings. The molecular formula is C27H35N3O4S. The van der Waals surface area contributed by atoms with Gasteiger partial charge in [0, 0.05) is 34.7 Å². The summed E-state index contributed by atoms with van der Waals surface area (Å²) in [7, 11) is 3.94. The lowest BCUT2D eigenvalue weighted by molar-refractivity contribution is 0.0519. The van der Waals surface area contributed by atoms with Gasteiger partial charge >= 0.3 is 5.97 Å². The molecule has 0 amide bonds. The molecule has 0 bridgehead atoms. The van der Waals surface area contributed by atoms with Crippen molar-refractivity contribution < 1.29 is 19.2 Å². The molecule has 3 rings (SSSR count). The second-order valence-corrected chi connectivity index (χ2v) is 10.3. The summed E-state index contributed by atoms with van der Waals surface area (Å²) in [5.41, 5.74) is 4.36. The van der Waals surface area contributed by atoms with E-state index < -0.39 is 17.3 Å². The van der Waals surface area contributed by atoms with E-state index >= 15 is 0 Å². The smallest absolute Gasteiger partial charge is 0.356 e. The van der Waals surface area contributed by atoms with Crippen molar-refractivity contribution in [3.8, 4) is 23.1 Å². The lowest BCUT2D eigenvalue weighted by Gasteiger charge is -2.26. The van der Waals surface area contributed by atoms with Crippen molar-refractivity contribution in [1.29, 1.82) is 0 Å². The van der Waals surface area contributed by atoms with E-state index in [2.05, 4.69) is 18.8 Å². The first kappa shape index (κ1) is 27.2.